The van der Waals surface area contributed by atoms with Crippen molar-refractivity contribution in [3.63, 3.8) is 0 Å². The average Bonchev–Trinajstić information content (AvgIpc) is 3.00. The van der Waals surface area contributed by atoms with E-state index in [1.54, 1.807) is 6.20 Å². The lowest BCUT2D eigenvalue weighted by molar-refractivity contribution is 0.260. The Morgan fingerprint density at radius 3 is 2.82 bits per heavy atom. The summed E-state index contributed by atoms with van der Waals surface area (Å²) in [6, 6.07) is 0.672. The van der Waals surface area contributed by atoms with E-state index in [1.165, 1.54) is 32.4 Å². The zero-order chi connectivity index (χ0) is 11.7. The lowest BCUT2D eigenvalue weighted by Crippen LogP contribution is -2.35. The molecular formula is C11H16ClN5. The van der Waals surface area contributed by atoms with Crippen LogP contribution in [0.25, 0.3) is 0 Å². The first-order valence-electron chi connectivity index (χ1n) is 6.17. The van der Waals surface area contributed by atoms with Gasteiger partial charge in [-0.05, 0) is 44.0 Å². The molecule has 3 rings (SSSR count). The summed E-state index contributed by atoms with van der Waals surface area (Å²) in [6.45, 7) is 4.58. The van der Waals surface area contributed by atoms with Crippen LogP contribution in [-0.2, 0) is 0 Å². The minimum absolute atomic E-state index is 0.229. The van der Waals surface area contributed by atoms with Gasteiger partial charge in [0.15, 0.2) is 5.82 Å². The summed E-state index contributed by atoms with van der Waals surface area (Å²) in [6.07, 6.45) is 5.59. The van der Waals surface area contributed by atoms with Gasteiger partial charge in [-0.2, -0.15) is 10.1 Å². The van der Waals surface area contributed by atoms with Crippen LogP contribution in [0.3, 0.4) is 0 Å². The van der Waals surface area contributed by atoms with Crippen LogP contribution in [0.4, 0.5) is 5.82 Å². The van der Waals surface area contributed by atoms with Gasteiger partial charge in [-0.3, -0.25) is 4.90 Å². The molecular weight excluding hydrogens is 238 g/mol. The third kappa shape index (κ3) is 2.35. The van der Waals surface area contributed by atoms with Crippen molar-refractivity contribution < 1.29 is 0 Å². The average molecular weight is 254 g/mol. The Morgan fingerprint density at radius 1 is 1.24 bits per heavy atom. The zero-order valence-corrected chi connectivity index (χ0v) is 10.5. The molecule has 1 aromatic heterocycles. The van der Waals surface area contributed by atoms with Gasteiger partial charge >= 0.3 is 0 Å². The van der Waals surface area contributed by atoms with E-state index in [2.05, 4.69) is 25.0 Å². The number of likely N-dealkylation sites (tertiary alicyclic amines) is 1. The summed E-state index contributed by atoms with van der Waals surface area (Å²) in [5.74, 6) is 0.853. The molecule has 92 valence electrons. The Balaban J connectivity index is 1.67. The summed E-state index contributed by atoms with van der Waals surface area (Å²) in [5.41, 5.74) is 0. The largest absolute Gasteiger partial charge is 0.354 e. The first kappa shape index (κ1) is 11.2. The summed E-state index contributed by atoms with van der Waals surface area (Å²) >= 11 is 5.76. The number of rotatable bonds is 2. The molecule has 0 amide bonds. The van der Waals surface area contributed by atoms with E-state index in [1.807, 2.05) is 0 Å². The Kier molecular flexibility index (Phi) is 3.11. The fourth-order valence-electron chi connectivity index (χ4n) is 2.78. The highest BCUT2D eigenvalue weighted by molar-refractivity contribution is 6.28. The molecule has 1 unspecified atom stereocenters. The predicted molar refractivity (Wildman–Crippen MR) is 66.3 cm³/mol. The number of nitrogens with zero attached hydrogens (tertiary/aromatic N) is 5. The van der Waals surface area contributed by atoms with Crippen molar-refractivity contribution in [3.8, 4) is 0 Å². The number of anilines is 1. The van der Waals surface area contributed by atoms with Crippen LogP contribution in [0.2, 0.25) is 5.28 Å². The first-order valence-corrected chi connectivity index (χ1v) is 6.55. The molecule has 0 spiro atoms. The number of halogens is 1. The smallest absolute Gasteiger partial charge is 0.244 e. The normalized spacial score (nSPS) is 25.7. The number of aromatic nitrogens is 3. The van der Waals surface area contributed by atoms with Crippen molar-refractivity contribution in [2.24, 2.45) is 0 Å². The van der Waals surface area contributed by atoms with E-state index in [0.29, 0.717) is 6.04 Å². The Morgan fingerprint density at radius 2 is 2.06 bits per heavy atom. The molecule has 0 N–H and O–H groups in total. The molecule has 17 heavy (non-hydrogen) atoms. The van der Waals surface area contributed by atoms with Gasteiger partial charge in [-0.15, -0.1) is 5.10 Å². The lowest BCUT2D eigenvalue weighted by atomic mass is 10.2. The molecule has 2 aliphatic rings. The van der Waals surface area contributed by atoms with Crippen LogP contribution in [0.1, 0.15) is 19.3 Å². The molecule has 6 heteroatoms. The molecule has 0 radical (unpaired) electrons. The lowest BCUT2D eigenvalue weighted by Gasteiger charge is -2.23. The molecule has 2 aliphatic heterocycles. The van der Waals surface area contributed by atoms with Crippen molar-refractivity contribution in [2.75, 3.05) is 31.1 Å². The van der Waals surface area contributed by atoms with E-state index in [0.717, 1.165) is 18.9 Å². The van der Waals surface area contributed by atoms with Gasteiger partial charge < -0.3 is 4.90 Å². The van der Waals surface area contributed by atoms with Crippen molar-refractivity contribution in [2.45, 2.75) is 25.3 Å². The second-order valence-electron chi connectivity index (χ2n) is 4.72. The fourth-order valence-corrected chi connectivity index (χ4v) is 2.91. The highest BCUT2D eigenvalue weighted by Crippen LogP contribution is 2.23. The van der Waals surface area contributed by atoms with E-state index in [9.17, 15) is 0 Å². The second-order valence-corrected chi connectivity index (χ2v) is 5.05. The van der Waals surface area contributed by atoms with Crippen molar-refractivity contribution in [1.29, 1.82) is 0 Å². The van der Waals surface area contributed by atoms with Crippen LogP contribution in [-0.4, -0.2) is 52.3 Å². The third-order valence-corrected chi connectivity index (χ3v) is 3.82. The molecule has 0 bridgehead atoms. The maximum absolute atomic E-state index is 5.76. The van der Waals surface area contributed by atoms with Gasteiger partial charge in [-0.25, -0.2) is 0 Å². The highest BCUT2D eigenvalue weighted by atomic mass is 35.5. The van der Waals surface area contributed by atoms with Crippen LogP contribution >= 0.6 is 11.6 Å². The molecule has 5 nitrogen and oxygen atoms in total. The van der Waals surface area contributed by atoms with Crippen LogP contribution in [0.5, 0.6) is 0 Å². The summed E-state index contributed by atoms with van der Waals surface area (Å²) in [7, 11) is 0. The molecule has 1 atom stereocenters. The SMILES string of the molecule is Clc1nncc(N2CCC(N3CCCC3)C2)n1. The Bertz CT molecular complexity index is 393. The minimum atomic E-state index is 0.229. The molecule has 0 aromatic carbocycles. The Labute approximate surface area is 106 Å². The third-order valence-electron chi connectivity index (χ3n) is 3.66. The quantitative estimate of drug-likeness (QED) is 0.793. The Hall–Kier alpha value is -0.940. The molecule has 2 fully saturated rings. The monoisotopic (exact) mass is 253 g/mol. The maximum atomic E-state index is 5.76. The van der Waals surface area contributed by atoms with Gasteiger partial charge in [0, 0.05) is 19.1 Å². The second kappa shape index (κ2) is 4.74. The number of hydrogen-bond acceptors (Lipinski definition) is 5. The standard InChI is InChI=1S/C11H16ClN5/c12-11-14-10(7-13-15-11)17-6-3-9(8-17)16-4-1-2-5-16/h7,9H,1-6,8H2. The van der Waals surface area contributed by atoms with Crippen LogP contribution < -0.4 is 4.90 Å². The molecule has 0 aliphatic carbocycles. The predicted octanol–water partition coefficient (Wildman–Crippen LogP) is 1.20. The van der Waals surface area contributed by atoms with Gasteiger partial charge in [-0.1, -0.05) is 0 Å². The molecule has 2 saturated heterocycles. The molecule has 0 saturated carbocycles. The maximum Gasteiger partial charge on any atom is 0.244 e. The fraction of sp³-hybridized carbons (Fsp3) is 0.727. The summed E-state index contributed by atoms with van der Waals surface area (Å²) < 4.78 is 0. The van der Waals surface area contributed by atoms with Crippen molar-refractivity contribution >= 4 is 17.4 Å². The van der Waals surface area contributed by atoms with Gasteiger partial charge in [0.05, 0.1) is 6.20 Å². The summed E-state index contributed by atoms with van der Waals surface area (Å²) in [4.78, 5) is 9.06. The topological polar surface area (TPSA) is 45.2 Å². The van der Waals surface area contributed by atoms with Crippen LogP contribution in [0.15, 0.2) is 6.20 Å². The van der Waals surface area contributed by atoms with E-state index < -0.39 is 0 Å². The first-order chi connectivity index (χ1) is 8.33. The highest BCUT2D eigenvalue weighted by Gasteiger charge is 2.29. The molecule has 3 heterocycles. The van der Waals surface area contributed by atoms with Gasteiger partial charge in [0.25, 0.3) is 0 Å². The van der Waals surface area contributed by atoms with Crippen molar-refractivity contribution in [3.05, 3.63) is 11.5 Å². The van der Waals surface area contributed by atoms with E-state index >= 15 is 0 Å². The van der Waals surface area contributed by atoms with Crippen LogP contribution in [0, 0.1) is 0 Å². The molecule has 1 aromatic rings. The van der Waals surface area contributed by atoms with E-state index in [-0.39, 0.29) is 5.28 Å². The van der Waals surface area contributed by atoms with Gasteiger partial charge in [0.1, 0.15) is 0 Å². The minimum Gasteiger partial charge on any atom is -0.354 e. The summed E-state index contributed by atoms with van der Waals surface area (Å²) in [5, 5.41) is 7.76. The van der Waals surface area contributed by atoms with E-state index in [4.69, 9.17) is 11.6 Å². The number of hydrogen-bond donors (Lipinski definition) is 0. The van der Waals surface area contributed by atoms with Gasteiger partial charge in [0.2, 0.25) is 5.28 Å². The zero-order valence-electron chi connectivity index (χ0n) is 9.72. The van der Waals surface area contributed by atoms with Crippen molar-refractivity contribution in [1.82, 2.24) is 20.1 Å².